The van der Waals surface area contributed by atoms with E-state index in [1.54, 1.807) is 4.68 Å². The summed E-state index contributed by atoms with van der Waals surface area (Å²) >= 11 is 7.29. The molecule has 1 N–H and O–H groups in total. The molecule has 0 aliphatic heterocycles. The summed E-state index contributed by atoms with van der Waals surface area (Å²) in [5, 5.41) is 23.4. The van der Waals surface area contributed by atoms with Gasteiger partial charge in [-0.1, -0.05) is 53.2 Å². The van der Waals surface area contributed by atoms with E-state index in [-0.39, 0.29) is 12.7 Å². The molecule has 0 saturated carbocycles. The van der Waals surface area contributed by atoms with Crippen LogP contribution in [0.2, 0.25) is 5.02 Å². The molecule has 27 heavy (non-hydrogen) atoms. The van der Waals surface area contributed by atoms with Crippen molar-refractivity contribution in [2.75, 3.05) is 12.4 Å². The second-order valence-corrected chi connectivity index (χ2v) is 7.62. The molecular weight excluding hydrogens is 384 g/mol. The standard InChI is InChI=1S/C19H21ClN4O2S/c1-13-3-9-17(10-4-13)24-19(21-22-23-24)27-12-18(25)11-26-14(2)15-5-7-16(20)8-6-15/h3-10,14,18,25H,11-12H2,1-2H3/t14-,18+/m1/s1. The average Bonchev–Trinajstić information content (AvgIpc) is 3.14. The Morgan fingerprint density at radius 1 is 1.15 bits per heavy atom. The highest BCUT2D eigenvalue weighted by atomic mass is 35.5. The minimum atomic E-state index is -0.632. The quantitative estimate of drug-likeness (QED) is 0.575. The summed E-state index contributed by atoms with van der Waals surface area (Å²) in [6, 6.07) is 15.4. The normalized spacial score (nSPS) is 13.5. The maximum absolute atomic E-state index is 10.2. The summed E-state index contributed by atoms with van der Waals surface area (Å²) in [6.07, 6.45) is -0.757. The second-order valence-electron chi connectivity index (χ2n) is 6.20. The van der Waals surface area contributed by atoms with E-state index in [1.165, 1.54) is 17.3 Å². The second kappa shape index (κ2) is 9.32. The summed E-state index contributed by atoms with van der Waals surface area (Å²) in [4.78, 5) is 0. The van der Waals surface area contributed by atoms with Crippen LogP contribution in [0.5, 0.6) is 0 Å². The van der Waals surface area contributed by atoms with Gasteiger partial charge in [-0.3, -0.25) is 0 Å². The van der Waals surface area contributed by atoms with Crippen molar-refractivity contribution < 1.29 is 9.84 Å². The van der Waals surface area contributed by atoms with Crippen LogP contribution in [0.25, 0.3) is 5.69 Å². The SMILES string of the molecule is Cc1ccc(-n2nnnc2SC[C@@H](O)CO[C@H](C)c2ccc(Cl)cc2)cc1. The third kappa shape index (κ3) is 5.52. The molecule has 0 fully saturated rings. The van der Waals surface area contributed by atoms with Crippen molar-refractivity contribution in [1.29, 1.82) is 0 Å². The number of hydrogen-bond donors (Lipinski definition) is 1. The van der Waals surface area contributed by atoms with Crippen molar-refractivity contribution in [3.63, 3.8) is 0 Å². The number of benzene rings is 2. The first kappa shape index (κ1) is 19.8. The number of rotatable bonds is 8. The number of aliphatic hydroxyl groups is 1. The largest absolute Gasteiger partial charge is 0.390 e. The highest BCUT2D eigenvalue weighted by Gasteiger charge is 2.14. The van der Waals surface area contributed by atoms with Gasteiger partial charge in [-0.15, -0.1) is 5.10 Å². The number of nitrogens with zero attached hydrogens (tertiary/aromatic N) is 4. The Labute approximate surface area is 167 Å². The zero-order valence-electron chi connectivity index (χ0n) is 15.1. The van der Waals surface area contributed by atoms with Crippen molar-refractivity contribution in [2.45, 2.75) is 31.2 Å². The Balaban J connectivity index is 1.51. The van der Waals surface area contributed by atoms with Gasteiger partial charge in [-0.2, -0.15) is 4.68 Å². The lowest BCUT2D eigenvalue weighted by Gasteiger charge is -2.16. The summed E-state index contributed by atoms with van der Waals surface area (Å²) in [6.45, 7) is 4.20. The van der Waals surface area contributed by atoms with Gasteiger partial charge >= 0.3 is 0 Å². The molecule has 0 radical (unpaired) electrons. The third-order valence-electron chi connectivity index (χ3n) is 4.00. The van der Waals surface area contributed by atoms with E-state index in [9.17, 15) is 5.11 Å². The highest BCUT2D eigenvalue weighted by Crippen LogP contribution is 2.22. The van der Waals surface area contributed by atoms with Crippen molar-refractivity contribution in [3.8, 4) is 5.69 Å². The average molecular weight is 405 g/mol. The molecule has 3 rings (SSSR count). The van der Waals surface area contributed by atoms with Crippen LogP contribution in [-0.4, -0.2) is 43.8 Å². The predicted octanol–water partition coefficient (Wildman–Crippen LogP) is 3.85. The van der Waals surface area contributed by atoms with Crippen molar-refractivity contribution >= 4 is 23.4 Å². The molecule has 2 aromatic carbocycles. The summed E-state index contributed by atoms with van der Waals surface area (Å²) in [7, 11) is 0. The van der Waals surface area contributed by atoms with E-state index in [0.29, 0.717) is 15.9 Å². The molecule has 142 valence electrons. The van der Waals surface area contributed by atoms with Gasteiger partial charge < -0.3 is 9.84 Å². The number of aliphatic hydroxyl groups excluding tert-OH is 1. The van der Waals surface area contributed by atoms with E-state index in [0.717, 1.165) is 11.3 Å². The van der Waals surface area contributed by atoms with Gasteiger partial charge in [-0.25, -0.2) is 0 Å². The minimum absolute atomic E-state index is 0.125. The van der Waals surface area contributed by atoms with Gasteiger partial charge in [0, 0.05) is 10.8 Å². The summed E-state index contributed by atoms with van der Waals surface area (Å²) in [5.41, 5.74) is 3.07. The molecule has 8 heteroatoms. The Bertz CT molecular complexity index is 855. The number of thioether (sulfide) groups is 1. The maximum Gasteiger partial charge on any atom is 0.214 e. The number of halogens is 1. The zero-order chi connectivity index (χ0) is 19.2. The van der Waals surface area contributed by atoms with Gasteiger partial charge in [-0.05, 0) is 54.1 Å². The van der Waals surface area contributed by atoms with Crippen LogP contribution < -0.4 is 0 Å². The molecule has 1 aromatic heterocycles. The van der Waals surface area contributed by atoms with Gasteiger partial charge in [0.25, 0.3) is 0 Å². The highest BCUT2D eigenvalue weighted by molar-refractivity contribution is 7.99. The van der Waals surface area contributed by atoms with Crippen LogP contribution in [0, 0.1) is 6.92 Å². The number of tetrazole rings is 1. The summed E-state index contributed by atoms with van der Waals surface area (Å²) < 4.78 is 7.42. The molecule has 2 atom stereocenters. The van der Waals surface area contributed by atoms with Crippen molar-refractivity contribution in [2.24, 2.45) is 0 Å². The Hall–Kier alpha value is -1.93. The fourth-order valence-electron chi connectivity index (χ4n) is 2.42. The minimum Gasteiger partial charge on any atom is -0.390 e. The van der Waals surface area contributed by atoms with Gasteiger partial charge in [0.2, 0.25) is 5.16 Å². The van der Waals surface area contributed by atoms with Crippen LogP contribution in [0.3, 0.4) is 0 Å². The van der Waals surface area contributed by atoms with Crippen molar-refractivity contribution in [1.82, 2.24) is 20.2 Å². The third-order valence-corrected chi connectivity index (χ3v) is 5.32. The fraction of sp³-hybridized carbons (Fsp3) is 0.316. The Morgan fingerprint density at radius 2 is 1.85 bits per heavy atom. The van der Waals surface area contributed by atoms with Crippen LogP contribution in [0.15, 0.2) is 53.7 Å². The van der Waals surface area contributed by atoms with Gasteiger partial charge in [0.1, 0.15) is 0 Å². The first-order chi connectivity index (χ1) is 13.0. The first-order valence-electron chi connectivity index (χ1n) is 8.56. The van der Waals surface area contributed by atoms with Crippen molar-refractivity contribution in [3.05, 3.63) is 64.7 Å². The number of aromatic nitrogens is 4. The van der Waals surface area contributed by atoms with Crippen LogP contribution in [0.1, 0.15) is 24.2 Å². The smallest absolute Gasteiger partial charge is 0.214 e. The molecule has 0 aliphatic carbocycles. The molecular formula is C19H21ClN4O2S. The zero-order valence-corrected chi connectivity index (χ0v) is 16.7. The van der Waals surface area contributed by atoms with Gasteiger partial charge in [0.15, 0.2) is 0 Å². The Kier molecular flexibility index (Phi) is 6.84. The van der Waals surface area contributed by atoms with E-state index in [4.69, 9.17) is 16.3 Å². The van der Waals surface area contributed by atoms with E-state index >= 15 is 0 Å². The maximum atomic E-state index is 10.2. The molecule has 0 unspecified atom stereocenters. The Morgan fingerprint density at radius 3 is 2.56 bits per heavy atom. The molecule has 3 aromatic rings. The molecule has 0 amide bonds. The van der Waals surface area contributed by atoms with E-state index in [1.807, 2.05) is 62.4 Å². The predicted molar refractivity (Wildman–Crippen MR) is 106 cm³/mol. The van der Waals surface area contributed by atoms with Gasteiger partial charge in [0.05, 0.1) is 24.5 Å². The lowest BCUT2D eigenvalue weighted by atomic mass is 10.1. The molecule has 0 bridgehead atoms. The monoisotopic (exact) mass is 404 g/mol. The van der Waals surface area contributed by atoms with E-state index < -0.39 is 6.10 Å². The number of ether oxygens (including phenoxy) is 1. The topological polar surface area (TPSA) is 73.1 Å². The summed E-state index contributed by atoms with van der Waals surface area (Å²) in [5.74, 6) is 0.430. The fourth-order valence-corrected chi connectivity index (χ4v) is 3.34. The first-order valence-corrected chi connectivity index (χ1v) is 9.92. The van der Waals surface area contributed by atoms with Crippen LogP contribution in [0.4, 0.5) is 0 Å². The molecule has 0 spiro atoms. The molecule has 0 aliphatic rings. The lowest BCUT2D eigenvalue weighted by molar-refractivity contribution is 0.00621. The van der Waals surface area contributed by atoms with E-state index in [2.05, 4.69) is 15.5 Å². The molecule has 0 saturated heterocycles. The van der Waals surface area contributed by atoms with Crippen LogP contribution >= 0.6 is 23.4 Å². The number of aryl methyl sites for hydroxylation is 1. The lowest BCUT2D eigenvalue weighted by Crippen LogP contribution is -2.19. The number of hydrogen-bond acceptors (Lipinski definition) is 6. The van der Waals surface area contributed by atoms with Crippen LogP contribution in [-0.2, 0) is 4.74 Å². The molecule has 1 heterocycles. The molecule has 6 nitrogen and oxygen atoms in total.